The predicted octanol–water partition coefficient (Wildman–Crippen LogP) is 0.898. The third kappa shape index (κ3) is 4.70. The number of hydrogen-bond donors (Lipinski definition) is 3. The quantitative estimate of drug-likeness (QED) is 0.374. The Morgan fingerprint density at radius 3 is 2.82 bits per heavy atom. The van der Waals surface area contributed by atoms with Crippen molar-refractivity contribution in [3.63, 3.8) is 0 Å². The van der Waals surface area contributed by atoms with Crippen molar-refractivity contribution in [2.24, 2.45) is 11.5 Å². The largest absolute Gasteiger partial charge is 0.402 e. The highest BCUT2D eigenvalue weighted by molar-refractivity contribution is 5.66. The SMILES string of the molecule is NC1=CC=C(C(O)C/C=C\C(N)=C/C=O)CC1. The zero-order valence-electron chi connectivity index (χ0n) is 9.67. The first-order chi connectivity index (χ1) is 8.13. The van der Waals surface area contributed by atoms with Gasteiger partial charge < -0.3 is 16.6 Å². The molecule has 0 aromatic heterocycles. The normalized spacial score (nSPS) is 18.8. The second-order valence-corrected chi connectivity index (χ2v) is 3.94. The van der Waals surface area contributed by atoms with Crippen molar-refractivity contribution < 1.29 is 9.90 Å². The summed E-state index contributed by atoms with van der Waals surface area (Å²) in [5.41, 5.74) is 13.3. The van der Waals surface area contributed by atoms with Crippen molar-refractivity contribution in [2.45, 2.75) is 25.4 Å². The number of aliphatic hydroxyl groups excluding tert-OH is 1. The summed E-state index contributed by atoms with van der Waals surface area (Å²) in [4.78, 5) is 10.1. The summed E-state index contributed by atoms with van der Waals surface area (Å²) < 4.78 is 0. The molecule has 0 saturated carbocycles. The van der Waals surface area contributed by atoms with Crippen LogP contribution < -0.4 is 11.5 Å². The number of rotatable bonds is 5. The molecule has 92 valence electrons. The van der Waals surface area contributed by atoms with Crippen LogP contribution in [0.4, 0.5) is 0 Å². The minimum atomic E-state index is -0.514. The van der Waals surface area contributed by atoms with Crippen molar-refractivity contribution in [1.82, 2.24) is 0 Å². The fourth-order valence-corrected chi connectivity index (χ4v) is 1.57. The van der Waals surface area contributed by atoms with E-state index in [1.807, 2.05) is 12.2 Å². The first kappa shape index (κ1) is 13.3. The summed E-state index contributed by atoms with van der Waals surface area (Å²) in [5.74, 6) is 0. The lowest BCUT2D eigenvalue weighted by molar-refractivity contribution is -0.104. The molecule has 1 unspecified atom stereocenters. The molecule has 0 heterocycles. The van der Waals surface area contributed by atoms with Gasteiger partial charge >= 0.3 is 0 Å². The first-order valence-electron chi connectivity index (χ1n) is 5.54. The summed E-state index contributed by atoms with van der Waals surface area (Å²) in [6, 6.07) is 0. The van der Waals surface area contributed by atoms with Crippen LogP contribution in [0.3, 0.4) is 0 Å². The van der Waals surface area contributed by atoms with Gasteiger partial charge in [0, 0.05) is 17.5 Å². The molecule has 0 aromatic carbocycles. The molecule has 0 aromatic rings. The maximum atomic E-state index is 10.1. The summed E-state index contributed by atoms with van der Waals surface area (Å²) in [6.45, 7) is 0. The van der Waals surface area contributed by atoms with Gasteiger partial charge in [-0.25, -0.2) is 0 Å². The van der Waals surface area contributed by atoms with Crippen LogP contribution in [0.25, 0.3) is 0 Å². The van der Waals surface area contributed by atoms with Gasteiger partial charge in [-0.2, -0.15) is 0 Å². The highest BCUT2D eigenvalue weighted by atomic mass is 16.3. The molecule has 0 fully saturated rings. The van der Waals surface area contributed by atoms with E-state index in [1.165, 1.54) is 6.08 Å². The number of carbonyl (C=O) groups excluding carboxylic acids is 1. The summed E-state index contributed by atoms with van der Waals surface area (Å²) in [6.07, 6.45) is 10.5. The van der Waals surface area contributed by atoms with Gasteiger partial charge in [0.2, 0.25) is 0 Å². The Morgan fingerprint density at radius 1 is 1.47 bits per heavy atom. The average Bonchev–Trinajstić information content (AvgIpc) is 2.30. The first-order valence-corrected chi connectivity index (χ1v) is 5.54. The Morgan fingerprint density at radius 2 is 2.24 bits per heavy atom. The Balaban J connectivity index is 2.48. The molecule has 1 aliphatic rings. The third-order valence-corrected chi connectivity index (χ3v) is 2.57. The van der Waals surface area contributed by atoms with Gasteiger partial charge in [-0.3, -0.25) is 4.79 Å². The maximum absolute atomic E-state index is 10.1. The number of carbonyl (C=O) groups is 1. The van der Waals surface area contributed by atoms with E-state index in [4.69, 9.17) is 11.5 Å². The number of aldehydes is 1. The van der Waals surface area contributed by atoms with E-state index in [0.717, 1.165) is 24.1 Å². The Kier molecular flexibility index (Phi) is 5.23. The van der Waals surface area contributed by atoms with Crippen molar-refractivity contribution >= 4 is 6.29 Å². The van der Waals surface area contributed by atoms with E-state index in [0.29, 0.717) is 18.4 Å². The molecule has 4 heteroatoms. The van der Waals surface area contributed by atoms with Gasteiger partial charge in [0.1, 0.15) is 6.29 Å². The molecular weight excluding hydrogens is 216 g/mol. The van der Waals surface area contributed by atoms with Crippen LogP contribution >= 0.6 is 0 Å². The molecule has 0 radical (unpaired) electrons. The monoisotopic (exact) mass is 234 g/mol. The number of aliphatic hydroxyl groups is 1. The zero-order valence-corrected chi connectivity index (χ0v) is 9.67. The summed E-state index contributed by atoms with van der Waals surface area (Å²) in [7, 11) is 0. The molecule has 0 spiro atoms. The van der Waals surface area contributed by atoms with Crippen LogP contribution in [-0.4, -0.2) is 17.5 Å². The molecule has 5 N–H and O–H groups in total. The van der Waals surface area contributed by atoms with E-state index in [1.54, 1.807) is 12.2 Å². The van der Waals surface area contributed by atoms with Crippen LogP contribution in [0.15, 0.2) is 47.3 Å². The minimum absolute atomic E-state index is 0.383. The van der Waals surface area contributed by atoms with Crippen molar-refractivity contribution in [1.29, 1.82) is 0 Å². The van der Waals surface area contributed by atoms with E-state index in [9.17, 15) is 9.90 Å². The van der Waals surface area contributed by atoms with Gasteiger partial charge in [0.15, 0.2) is 0 Å². The topological polar surface area (TPSA) is 89.3 Å². The molecule has 0 bridgehead atoms. The molecular formula is C13H18N2O2. The molecule has 0 saturated heterocycles. The molecule has 1 rings (SSSR count). The fourth-order valence-electron chi connectivity index (χ4n) is 1.57. The second-order valence-electron chi connectivity index (χ2n) is 3.94. The van der Waals surface area contributed by atoms with Crippen LogP contribution in [0.1, 0.15) is 19.3 Å². The van der Waals surface area contributed by atoms with Crippen LogP contribution in [0.5, 0.6) is 0 Å². The zero-order chi connectivity index (χ0) is 12.7. The highest BCUT2D eigenvalue weighted by Gasteiger charge is 2.11. The van der Waals surface area contributed by atoms with E-state index < -0.39 is 6.10 Å². The number of hydrogen-bond acceptors (Lipinski definition) is 4. The molecule has 17 heavy (non-hydrogen) atoms. The van der Waals surface area contributed by atoms with Crippen molar-refractivity contribution in [3.05, 3.63) is 47.3 Å². The van der Waals surface area contributed by atoms with Gasteiger partial charge in [-0.05, 0) is 37.0 Å². The van der Waals surface area contributed by atoms with Crippen LogP contribution in [0, 0.1) is 0 Å². The second kappa shape index (κ2) is 6.70. The Hall–Kier alpha value is -1.81. The summed E-state index contributed by atoms with van der Waals surface area (Å²) in [5, 5.41) is 9.88. The van der Waals surface area contributed by atoms with Gasteiger partial charge in [0.25, 0.3) is 0 Å². The summed E-state index contributed by atoms with van der Waals surface area (Å²) >= 11 is 0. The minimum Gasteiger partial charge on any atom is -0.402 e. The van der Waals surface area contributed by atoms with E-state index in [2.05, 4.69) is 0 Å². The van der Waals surface area contributed by atoms with Crippen LogP contribution in [-0.2, 0) is 4.79 Å². The van der Waals surface area contributed by atoms with Crippen molar-refractivity contribution in [3.8, 4) is 0 Å². The Labute approximate surface area is 101 Å². The van der Waals surface area contributed by atoms with Gasteiger partial charge in [-0.15, -0.1) is 0 Å². The van der Waals surface area contributed by atoms with E-state index in [-0.39, 0.29) is 0 Å². The molecule has 4 nitrogen and oxygen atoms in total. The Bertz CT molecular complexity index is 392. The number of allylic oxidation sites excluding steroid dienone is 5. The fraction of sp³-hybridized carbons (Fsp3) is 0.308. The van der Waals surface area contributed by atoms with E-state index >= 15 is 0 Å². The average molecular weight is 234 g/mol. The lowest BCUT2D eigenvalue weighted by Gasteiger charge is -2.16. The molecule has 1 aliphatic carbocycles. The standard InChI is InChI=1S/C13H18N2O2/c14-11(8-9-16)2-1-3-13(17)10-4-6-12(15)7-5-10/h1-2,4,6,8-9,13,17H,3,5,7,14-15H2/b2-1-,11-8+. The highest BCUT2D eigenvalue weighted by Crippen LogP contribution is 2.20. The number of nitrogens with two attached hydrogens (primary N) is 2. The van der Waals surface area contributed by atoms with Gasteiger partial charge in [-0.1, -0.05) is 12.2 Å². The smallest absolute Gasteiger partial charge is 0.144 e. The molecule has 0 aliphatic heterocycles. The molecule has 1 atom stereocenters. The maximum Gasteiger partial charge on any atom is 0.144 e. The van der Waals surface area contributed by atoms with Crippen molar-refractivity contribution in [2.75, 3.05) is 0 Å². The lowest BCUT2D eigenvalue weighted by Crippen LogP contribution is -2.13. The third-order valence-electron chi connectivity index (χ3n) is 2.57. The van der Waals surface area contributed by atoms with Crippen LogP contribution in [0.2, 0.25) is 0 Å². The lowest BCUT2D eigenvalue weighted by atomic mass is 9.96. The molecule has 0 amide bonds. The predicted molar refractivity (Wildman–Crippen MR) is 67.7 cm³/mol. The van der Waals surface area contributed by atoms with Gasteiger partial charge in [0.05, 0.1) is 6.10 Å².